The van der Waals surface area contributed by atoms with E-state index in [4.69, 9.17) is 5.02 Å². The Labute approximate surface area is 76.8 Å². The van der Waals surface area contributed by atoms with E-state index in [0.717, 1.165) is 0 Å². The lowest BCUT2D eigenvalue weighted by molar-refractivity contribution is -0.143. The average Bonchev–Trinajstić information content (AvgIpc) is 2.28. The van der Waals surface area contributed by atoms with Crippen molar-refractivity contribution in [3.8, 4) is 0 Å². The molecule has 1 aliphatic heterocycles. The molecule has 6 heteroatoms. The summed E-state index contributed by atoms with van der Waals surface area (Å²) in [5.41, 5.74) is 0. The van der Waals surface area contributed by atoms with E-state index in [1.54, 1.807) is 11.9 Å². The van der Waals surface area contributed by atoms with Gasteiger partial charge in [-0.05, 0) is 13.9 Å². The Morgan fingerprint density at radius 1 is 1.77 bits per heavy atom. The van der Waals surface area contributed by atoms with Crippen LogP contribution in [0.2, 0.25) is 6.82 Å². The molecule has 0 aromatic heterocycles. The Balaban J connectivity index is 2.52. The second kappa shape index (κ2) is 3.89. The van der Waals surface area contributed by atoms with E-state index in [9.17, 15) is 9.59 Å². The van der Waals surface area contributed by atoms with Crippen LogP contribution in [0.25, 0.3) is 0 Å². The molecule has 72 valence electrons. The van der Waals surface area contributed by atoms with Gasteiger partial charge in [-0.2, -0.15) is 0 Å². The van der Waals surface area contributed by atoms with Crippen LogP contribution >= 0.6 is 0 Å². The number of carbonyl (C=O) groups is 2. The maximum Gasteiger partial charge on any atom is 0.521 e. The monoisotopic (exact) mass is 185 g/mol. The Hall–Kier alpha value is -0.875. The van der Waals surface area contributed by atoms with Crippen LogP contribution in [0.4, 0.5) is 0 Å². The summed E-state index contributed by atoms with van der Waals surface area (Å²) in [6.07, 6.45) is 0. The lowest BCUT2D eigenvalue weighted by Gasteiger charge is -2.09. The summed E-state index contributed by atoms with van der Waals surface area (Å²) in [5.74, 6) is -1.50. The smallest absolute Gasteiger partial charge is 0.509 e. The summed E-state index contributed by atoms with van der Waals surface area (Å²) in [5, 5.41) is 8.77. The van der Waals surface area contributed by atoms with E-state index in [1.165, 1.54) is 6.82 Å². The van der Waals surface area contributed by atoms with Crippen molar-refractivity contribution in [2.24, 2.45) is 5.92 Å². The molecule has 0 radical (unpaired) electrons. The number of likely N-dealkylation sites (tertiary alicyclic amines) is 1. The summed E-state index contributed by atoms with van der Waals surface area (Å²) in [7, 11) is 0.610. The molecule has 0 spiro atoms. The number of nitrogens with zero attached hydrogens (tertiary/aromatic N) is 1. The van der Waals surface area contributed by atoms with Crippen molar-refractivity contribution in [1.82, 2.24) is 4.90 Å². The number of likely N-dealkylation sites (N-methyl/N-ethyl adjacent to an activating group) is 1. The molecular weight excluding hydrogens is 173 g/mol. The van der Waals surface area contributed by atoms with Crippen molar-refractivity contribution in [3.63, 3.8) is 0 Å². The highest BCUT2D eigenvalue weighted by atomic mass is 16.6. The van der Waals surface area contributed by atoms with Gasteiger partial charge in [0.05, 0.1) is 6.54 Å². The first-order valence-electron chi connectivity index (χ1n) is 4.10. The molecule has 0 saturated carbocycles. The molecule has 0 aliphatic carbocycles. The molecule has 1 fully saturated rings. The van der Waals surface area contributed by atoms with Crippen LogP contribution in [-0.2, 0) is 14.2 Å². The fraction of sp³-hybridized carbons (Fsp3) is 0.714. The minimum absolute atomic E-state index is 0.145. The fourth-order valence-corrected chi connectivity index (χ4v) is 1.31. The maximum absolute atomic E-state index is 11.2. The predicted octanol–water partition coefficient (Wildman–Crippen LogP) is -1.23. The van der Waals surface area contributed by atoms with Crippen molar-refractivity contribution < 1.29 is 19.3 Å². The zero-order valence-electron chi connectivity index (χ0n) is 7.69. The van der Waals surface area contributed by atoms with Crippen LogP contribution in [-0.4, -0.2) is 48.9 Å². The van der Waals surface area contributed by atoms with E-state index in [1.807, 2.05) is 0 Å². The summed E-state index contributed by atoms with van der Waals surface area (Å²) < 4.78 is 4.52. The molecule has 0 aromatic carbocycles. The molecule has 0 amide bonds. The molecule has 1 atom stereocenters. The lowest BCUT2D eigenvalue weighted by Crippen LogP contribution is -2.29. The van der Waals surface area contributed by atoms with E-state index >= 15 is 0 Å². The first kappa shape index (κ1) is 10.2. The van der Waals surface area contributed by atoms with Gasteiger partial charge in [-0.25, -0.2) is 0 Å². The molecule has 1 rings (SSSR count). The molecular formula is C7H12BNO4. The zero-order chi connectivity index (χ0) is 10.0. The highest BCUT2D eigenvalue weighted by Gasteiger charge is 2.36. The molecule has 13 heavy (non-hydrogen) atoms. The van der Waals surface area contributed by atoms with Crippen molar-refractivity contribution in [3.05, 3.63) is 0 Å². The number of Topliss-reactive ketones (excluding diaryl/α,β-unsaturated/α-hetero) is 1. The van der Waals surface area contributed by atoms with Crippen LogP contribution in [0.15, 0.2) is 0 Å². The molecule has 1 unspecified atom stereocenters. The minimum atomic E-state index is -1.15. The summed E-state index contributed by atoms with van der Waals surface area (Å²) in [4.78, 5) is 24.1. The van der Waals surface area contributed by atoms with Crippen LogP contribution in [0.5, 0.6) is 0 Å². The Morgan fingerprint density at radius 3 is 2.77 bits per heavy atom. The zero-order valence-corrected chi connectivity index (χ0v) is 7.69. The van der Waals surface area contributed by atoms with Gasteiger partial charge in [0.1, 0.15) is 5.92 Å². The molecule has 1 N–H and O–H groups in total. The van der Waals surface area contributed by atoms with Gasteiger partial charge in [0, 0.05) is 6.54 Å². The van der Waals surface area contributed by atoms with Crippen molar-refractivity contribution in [2.75, 3.05) is 20.1 Å². The van der Waals surface area contributed by atoms with Crippen LogP contribution < -0.4 is 0 Å². The maximum atomic E-state index is 11.2. The van der Waals surface area contributed by atoms with Gasteiger partial charge in [-0.15, -0.1) is 0 Å². The van der Waals surface area contributed by atoms with Gasteiger partial charge >= 0.3 is 13.1 Å². The Morgan fingerprint density at radius 2 is 2.38 bits per heavy atom. The normalized spacial score (nSPS) is 23.3. The topological polar surface area (TPSA) is 66.8 Å². The predicted molar refractivity (Wildman–Crippen MR) is 45.9 cm³/mol. The fourth-order valence-electron chi connectivity index (χ4n) is 1.31. The summed E-state index contributed by atoms with van der Waals surface area (Å²) in [6.45, 7) is 1.99. The van der Waals surface area contributed by atoms with Crippen LogP contribution in [0.1, 0.15) is 0 Å². The van der Waals surface area contributed by atoms with Gasteiger partial charge in [-0.3, -0.25) is 14.5 Å². The summed E-state index contributed by atoms with van der Waals surface area (Å²) in [6, 6.07) is 0. The number of carbonyl (C=O) groups excluding carboxylic acids is 2. The lowest BCUT2D eigenvalue weighted by atomic mass is 9.96. The quantitative estimate of drug-likeness (QED) is 0.431. The first-order chi connectivity index (χ1) is 6.00. The van der Waals surface area contributed by atoms with Gasteiger partial charge in [-0.1, -0.05) is 0 Å². The Bertz CT molecular complexity index is 231. The van der Waals surface area contributed by atoms with E-state index in [0.29, 0.717) is 6.54 Å². The number of ketones is 1. The minimum Gasteiger partial charge on any atom is -0.509 e. The van der Waals surface area contributed by atoms with Gasteiger partial charge in [0.25, 0.3) is 0 Å². The third-order valence-electron chi connectivity index (χ3n) is 1.88. The van der Waals surface area contributed by atoms with E-state index in [2.05, 4.69) is 4.65 Å². The standard InChI is InChI=1S/C7H12BNO4/c1-8(12)13-7(11)5-3-9(2)4-6(5)10/h5,12H,3-4H2,1-2H3. The molecule has 1 heterocycles. The average molecular weight is 185 g/mol. The number of hydrogen-bond acceptors (Lipinski definition) is 5. The molecule has 0 bridgehead atoms. The van der Waals surface area contributed by atoms with Gasteiger partial charge in [0.15, 0.2) is 5.78 Å². The van der Waals surface area contributed by atoms with Crippen LogP contribution in [0, 0.1) is 5.92 Å². The first-order valence-corrected chi connectivity index (χ1v) is 4.10. The van der Waals surface area contributed by atoms with Crippen molar-refractivity contribution in [1.29, 1.82) is 0 Å². The molecule has 1 aliphatic rings. The Kier molecular flexibility index (Phi) is 3.05. The summed E-state index contributed by atoms with van der Waals surface area (Å²) >= 11 is 0. The second-order valence-electron chi connectivity index (χ2n) is 3.25. The van der Waals surface area contributed by atoms with Gasteiger partial charge < -0.3 is 9.68 Å². The van der Waals surface area contributed by atoms with Gasteiger partial charge in [0.2, 0.25) is 0 Å². The molecule has 1 saturated heterocycles. The SMILES string of the molecule is CB(O)OC(=O)C1CN(C)CC1=O. The largest absolute Gasteiger partial charge is 0.521 e. The number of hydrogen-bond donors (Lipinski definition) is 1. The number of rotatable bonds is 2. The van der Waals surface area contributed by atoms with Crippen LogP contribution in [0.3, 0.4) is 0 Å². The second-order valence-corrected chi connectivity index (χ2v) is 3.25. The third-order valence-corrected chi connectivity index (χ3v) is 1.88. The third kappa shape index (κ3) is 2.53. The molecule has 5 nitrogen and oxygen atoms in total. The van der Waals surface area contributed by atoms with E-state index in [-0.39, 0.29) is 12.3 Å². The highest BCUT2D eigenvalue weighted by molar-refractivity contribution is 6.43. The molecule has 0 aromatic rings. The van der Waals surface area contributed by atoms with Crippen molar-refractivity contribution in [2.45, 2.75) is 6.82 Å². The highest BCUT2D eigenvalue weighted by Crippen LogP contribution is 2.12. The van der Waals surface area contributed by atoms with Crippen molar-refractivity contribution >= 4 is 18.9 Å². The van der Waals surface area contributed by atoms with E-state index < -0.39 is 19.0 Å².